The van der Waals surface area contributed by atoms with Gasteiger partial charge in [0.05, 0.1) is 58.5 Å². The maximum Gasteiger partial charge on any atom is 0.292 e. The van der Waals surface area contributed by atoms with Crippen molar-refractivity contribution in [2.24, 2.45) is 0 Å². The van der Waals surface area contributed by atoms with Crippen molar-refractivity contribution in [3.05, 3.63) is 24.3 Å². The molecule has 1 aromatic carbocycles. The average Bonchev–Trinajstić information content (AvgIpc) is 3.35. The molecule has 4 rings (SSSR count). The molecular formula is C21H30N4O4+2. The zero-order valence-corrected chi connectivity index (χ0v) is 17.0. The van der Waals surface area contributed by atoms with Gasteiger partial charge >= 0.3 is 0 Å². The molecule has 1 atom stereocenters. The Morgan fingerprint density at radius 2 is 1.72 bits per heavy atom. The van der Waals surface area contributed by atoms with E-state index in [1.165, 1.54) is 22.6 Å². The minimum Gasteiger partial charge on any atom is -0.497 e. The molecule has 2 N–H and O–H groups in total. The smallest absolute Gasteiger partial charge is 0.292 e. The Balaban J connectivity index is 1.34. The normalized spacial score (nSPS) is 23.8. The van der Waals surface area contributed by atoms with Crippen LogP contribution >= 0.6 is 0 Å². The van der Waals surface area contributed by atoms with Gasteiger partial charge < -0.3 is 19.4 Å². The number of hydrogen-bond acceptors (Lipinski definition) is 4. The number of anilines is 1. The van der Waals surface area contributed by atoms with Crippen LogP contribution in [0.4, 0.5) is 5.69 Å². The molecule has 0 aliphatic carbocycles. The second kappa shape index (κ2) is 8.51. The predicted molar refractivity (Wildman–Crippen MR) is 106 cm³/mol. The van der Waals surface area contributed by atoms with Crippen LogP contribution in [-0.2, 0) is 14.4 Å². The Labute approximate surface area is 171 Å². The molecule has 156 valence electrons. The van der Waals surface area contributed by atoms with Crippen LogP contribution in [0.25, 0.3) is 0 Å². The summed E-state index contributed by atoms with van der Waals surface area (Å²) in [6.45, 7) is 5.50. The Morgan fingerprint density at radius 1 is 1.07 bits per heavy atom. The molecule has 3 heterocycles. The van der Waals surface area contributed by atoms with Crippen LogP contribution < -0.4 is 19.4 Å². The first kappa shape index (κ1) is 19.8. The molecule has 3 fully saturated rings. The fraction of sp³-hybridized carbons (Fsp3) is 0.571. The van der Waals surface area contributed by atoms with E-state index >= 15 is 0 Å². The Hall–Kier alpha value is -2.45. The molecule has 8 nitrogen and oxygen atoms in total. The first-order valence-corrected chi connectivity index (χ1v) is 10.5. The summed E-state index contributed by atoms with van der Waals surface area (Å²) in [5, 5.41) is 0. The van der Waals surface area contributed by atoms with E-state index in [0.717, 1.165) is 18.0 Å². The summed E-state index contributed by atoms with van der Waals surface area (Å²) < 4.78 is 5.15. The van der Waals surface area contributed by atoms with Crippen molar-refractivity contribution in [3.63, 3.8) is 0 Å². The Morgan fingerprint density at radius 3 is 2.34 bits per heavy atom. The molecule has 3 amide bonds. The van der Waals surface area contributed by atoms with Crippen molar-refractivity contribution in [1.82, 2.24) is 4.90 Å². The first-order valence-electron chi connectivity index (χ1n) is 10.5. The van der Waals surface area contributed by atoms with Crippen LogP contribution in [0.15, 0.2) is 24.3 Å². The van der Waals surface area contributed by atoms with Crippen LogP contribution in [0.2, 0.25) is 0 Å². The standard InChI is InChI=1S/C21H28N4O4/c1-29-17-6-4-16(5-7-17)25-19(26)14-18(21(25)28)23-10-12-24(13-11-23)20(27)15-22-8-2-3-9-22/h4-7,18H,2-3,8-15H2,1H3/p+2/t18-/m1/s1. The molecule has 0 saturated carbocycles. The van der Waals surface area contributed by atoms with Gasteiger partial charge in [0, 0.05) is 12.8 Å². The van der Waals surface area contributed by atoms with Gasteiger partial charge in [-0.25, -0.2) is 4.90 Å². The summed E-state index contributed by atoms with van der Waals surface area (Å²) in [6, 6.07) is 6.63. The molecular weight excluding hydrogens is 372 g/mol. The zero-order valence-electron chi connectivity index (χ0n) is 17.0. The fourth-order valence-corrected chi connectivity index (χ4v) is 4.72. The number of nitrogens with one attached hydrogen (secondary N) is 2. The van der Waals surface area contributed by atoms with Crippen molar-refractivity contribution in [2.75, 3.05) is 57.8 Å². The molecule has 0 spiro atoms. The number of quaternary nitrogens is 2. The number of methoxy groups -OCH3 is 1. The highest BCUT2D eigenvalue weighted by Gasteiger charge is 2.46. The Bertz CT molecular complexity index is 767. The van der Waals surface area contributed by atoms with Crippen LogP contribution in [0.3, 0.4) is 0 Å². The number of rotatable bonds is 5. The van der Waals surface area contributed by atoms with E-state index in [-0.39, 0.29) is 30.2 Å². The second-order valence-corrected chi connectivity index (χ2v) is 8.20. The third-order valence-electron chi connectivity index (χ3n) is 6.44. The minimum absolute atomic E-state index is 0.142. The number of hydrogen-bond donors (Lipinski definition) is 2. The second-order valence-electron chi connectivity index (χ2n) is 8.20. The zero-order chi connectivity index (χ0) is 20.4. The number of nitrogens with zero attached hydrogens (tertiary/aromatic N) is 2. The van der Waals surface area contributed by atoms with Gasteiger partial charge in [-0.05, 0) is 24.3 Å². The molecule has 3 aliphatic heterocycles. The highest BCUT2D eigenvalue weighted by atomic mass is 16.5. The summed E-state index contributed by atoms with van der Waals surface area (Å²) in [5.41, 5.74) is 0.588. The van der Waals surface area contributed by atoms with Crippen LogP contribution in [0.5, 0.6) is 5.75 Å². The van der Waals surface area contributed by atoms with Crippen molar-refractivity contribution in [1.29, 1.82) is 0 Å². The van der Waals surface area contributed by atoms with E-state index in [4.69, 9.17) is 4.74 Å². The summed E-state index contributed by atoms with van der Waals surface area (Å²) in [7, 11) is 1.58. The molecule has 8 heteroatoms. The van der Waals surface area contributed by atoms with Gasteiger partial charge in [-0.1, -0.05) is 0 Å². The molecule has 0 aromatic heterocycles. The maximum atomic E-state index is 13.0. The highest BCUT2D eigenvalue weighted by Crippen LogP contribution is 2.24. The molecule has 0 bridgehead atoms. The summed E-state index contributed by atoms with van der Waals surface area (Å²) in [4.78, 5) is 43.8. The van der Waals surface area contributed by atoms with E-state index in [9.17, 15) is 14.4 Å². The monoisotopic (exact) mass is 402 g/mol. The first-order chi connectivity index (χ1) is 14.1. The third-order valence-corrected chi connectivity index (χ3v) is 6.44. The highest BCUT2D eigenvalue weighted by molar-refractivity contribution is 6.21. The van der Waals surface area contributed by atoms with Gasteiger partial charge in [0.2, 0.25) is 5.91 Å². The van der Waals surface area contributed by atoms with Gasteiger partial charge in [0.1, 0.15) is 5.75 Å². The molecule has 29 heavy (non-hydrogen) atoms. The number of carbonyl (C=O) groups is 3. The lowest BCUT2D eigenvalue weighted by Crippen LogP contribution is -3.19. The van der Waals surface area contributed by atoms with Crippen LogP contribution in [0.1, 0.15) is 19.3 Å². The molecule has 3 saturated heterocycles. The van der Waals surface area contributed by atoms with E-state index < -0.39 is 0 Å². The molecule has 0 radical (unpaired) electrons. The lowest BCUT2D eigenvalue weighted by atomic mass is 10.1. The van der Waals surface area contributed by atoms with Crippen LogP contribution in [-0.4, -0.2) is 81.6 Å². The number of imide groups is 1. The van der Waals surface area contributed by atoms with Gasteiger partial charge in [-0.2, -0.15) is 0 Å². The van der Waals surface area contributed by atoms with E-state index in [2.05, 4.69) is 0 Å². The van der Waals surface area contributed by atoms with Crippen LogP contribution in [0, 0.1) is 0 Å². The van der Waals surface area contributed by atoms with E-state index in [0.29, 0.717) is 44.2 Å². The number of piperazine rings is 1. The molecule has 3 aliphatic rings. The SMILES string of the molecule is COc1ccc(N2C(=O)C[C@@H]([NH+]3CCN(C(=O)C[NH+]4CCCC4)CC3)C2=O)cc1. The third kappa shape index (κ3) is 4.13. The number of ether oxygens (including phenoxy) is 1. The number of carbonyl (C=O) groups excluding carboxylic acids is 3. The summed E-state index contributed by atoms with van der Waals surface area (Å²) >= 11 is 0. The Kier molecular flexibility index (Phi) is 5.82. The van der Waals surface area contributed by atoms with E-state index in [1.54, 1.807) is 31.4 Å². The number of amides is 3. The maximum absolute atomic E-state index is 13.0. The fourth-order valence-electron chi connectivity index (χ4n) is 4.72. The topological polar surface area (TPSA) is 75.8 Å². The molecule has 1 aromatic rings. The number of benzene rings is 1. The van der Waals surface area contributed by atoms with Gasteiger partial charge in [0.25, 0.3) is 11.8 Å². The summed E-state index contributed by atoms with van der Waals surface area (Å²) in [6.07, 6.45) is 2.65. The molecule has 0 unspecified atom stereocenters. The van der Waals surface area contributed by atoms with E-state index in [1.807, 2.05) is 4.90 Å². The van der Waals surface area contributed by atoms with Gasteiger partial charge in [-0.15, -0.1) is 0 Å². The van der Waals surface area contributed by atoms with Gasteiger partial charge in [-0.3, -0.25) is 14.4 Å². The van der Waals surface area contributed by atoms with Crippen molar-refractivity contribution in [3.8, 4) is 5.75 Å². The lowest BCUT2D eigenvalue weighted by Gasteiger charge is -2.34. The van der Waals surface area contributed by atoms with Crippen molar-refractivity contribution >= 4 is 23.4 Å². The van der Waals surface area contributed by atoms with Gasteiger partial charge in [0.15, 0.2) is 12.6 Å². The lowest BCUT2D eigenvalue weighted by molar-refractivity contribution is -0.918. The largest absolute Gasteiger partial charge is 0.497 e. The van der Waals surface area contributed by atoms with Crippen molar-refractivity contribution < 1.29 is 28.9 Å². The minimum atomic E-state index is -0.355. The number of likely N-dealkylation sites (tertiary alicyclic amines) is 1. The summed E-state index contributed by atoms with van der Waals surface area (Å²) in [5.74, 6) is 0.603. The average molecular weight is 402 g/mol. The van der Waals surface area contributed by atoms with Crippen molar-refractivity contribution in [2.45, 2.75) is 25.3 Å². The predicted octanol–water partition coefficient (Wildman–Crippen LogP) is -2.27. The quantitative estimate of drug-likeness (QED) is 0.545.